The summed E-state index contributed by atoms with van der Waals surface area (Å²) in [6.07, 6.45) is 0. The van der Waals surface area contributed by atoms with Crippen LogP contribution < -0.4 is 14.8 Å². The maximum absolute atomic E-state index is 6.07. The Labute approximate surface area is 131 Å². The number of hydrogen-bond donors (Lipinski definition) is 1. The summed E-state index contributed by atoms with van der Waals surface area (Å²) in [6, 6.07) is 6.85. The minimum atomic E-state index is 0.172. The zero-order chi connectivity index (χ0) is 14.7. The van der Waals surface area contributed by atoms with Gasteiger partial charge in [-0.05, 0) is 18.2 Å². The average molecular weight is 334 g/mol. The standard InChI is InChI=1S/C13H11Cl3N2O2/c1-19-7-3-4-10(11(5-7)20-2)17-13-9(15)6-8(14)12(16)18-13/h3-6H,1-2H3,(H,17,18). The zero-order valence-electron chi connectivity index (χ0n) is 10.7. The second kappa shape index (κ2) is 6.39. The molecule has 0 aliphatic heterocycles. The molecule has 0 bridgehead atoms. The molecule has 0 aliphatic rings. The van der Waals surface area contributed by atoms with Gasteiger partial charge in [0.15, 0.2) is 5.82 Å². The Morgan fingerprint density at radius 2 is 1.75 bits per heavy atom. The lowest BCUT2D eigenvalue weighted by molar-refractivity contribution is 0.395. The first-order chi connectivity index (χ1) is 9.55. The summed E-state index contributed by atoms with van der Waals surface area (Å²) < 4.78 is 10.4. The van der Waals surface area contributed by atoms with Gasteiger partial charge in [0.25, 0.3) is 0 Å². The van der Waals surface area contributed by atoms with Crippen LogP contribution in [0.25, 0.3) is 0 Å². The maximum atomic E-state index is 6.07. The van der Waals surface area contributed by atoms with E-state index in [1.165, 1.54) is 6.07 Å². The van der Waals surface area contributed by atoms with E-state index in [0.717, 1.165) is 0 Å². The Morgan fingerprint density at radius 1 is 1.00 bits per heavy atom. The molecule has 4 nitrogen and oxygen atoms in total. The van der Waals surface area contributed by atoms with Crippen LogP contribution in [0.4, 0.5) is 11.5 Å². The Bertz CT molecular complexity index is 635. The Kier molecular flexibility index (Phi) is 4.81. The molecule has 0 spiro atoms. The molecule has 20 heavy (non-hydrogen) atoms. The van der Waals surface area contributed by atoms with E-state index in [0.29, 0.717) is 33.0 Å². The van der Waals surface area contributed by atoms with E-state index in [9.17, 15) is 0 Å². The number of pyridine rings is 1. The molecule has 0 atom stereocenters. The number of hydrogen-bond acceptors (Lipinski definition) is 4. The van der Waals surface area contributed by atoms with Crippen LogP contribution >= 0.6 is 34.8 Å². The number of ether oxygens (including phenoxy) is 2. The molecule has 0 aliphatic carbocycles. The molecule has 1 aromatic heterocycles. The van der Waals surface area contributed by atoms with Gasteiger partial charge >= 0.3 is 0 Å². The lowest BCUT2D eigenvalue weighted by Crippen LogP contribution is -1.98. The molecule has 1 heterocycles. The highest BCUT2D eigenvalue weighted by Gasteiger charge is 2.11. The van der Waals surface area contributed by atoms with Crippen LogP contribution in [0.15, 0.2) is 24.3 Å². The third-order valence-electron chi connectivity index (χ3n) is 2.55. The average Bonchev–Trinajstić information content (AvgIpc) is 2.45. The summed E-state index contributed by atoms with van der Waals surface area (Å²) in [6.45, 7) is 0. The zero-order valence-corrected chi connectivity index (χ0v) is 13.0. The minimum absolute atomic E-state index is 0.172. The summed E-state index contributed by atoms with van der Waals surface area (Å²) in [4.78, 5) is 4.09. The molecule has 0 unspecified atom stereocenters. The van der Waals surface area contributed by atoms with Crippen molar-refractivity contribution < 1.29 is 9.47 Å². The van der Waals surface area contributed by atoms with Crippen molar-refractivity contribution in [2.45, 2.75) is 0 Å². The molecule has 7 heteroatoms. The van der Waals surface area contributed by atoms with Crippen LogP contribution in [0.1, 0.15) is 0 Å². The Morgan fingerprint density at radius 3 is 2.40 bits per heavy atom. The van der Waals surface area contributed by atoms with Crippen molar-refractivity contribution in [1.29, 1.82) is 0 Å². The van der Waals surface area contributed by atoms with Gasteiger partial charge in [-0.25, -0.2) is 4.98 Å². The fourth-order valence-electron chi connectivity index (χ4n) is 1.56. The van der Waals surface area contributed by atoms with Crippen LogP contribution in [0.5, 0.6) is 11.5 Å². The lowest BCUT2D eigenvalue weighted by atomic mass is 10.2. The predicted octanol–water partition coefficient (Wildman–Crippen LogP) is 4.80. The van der Waals surface area contributed by atoms with Crippen LogP contribution in [-0.2, 0) is 0 Å². The molecule has 106 valence electrons. The van der Waals surface area contributed by atoms with Gasteiger partial charge in [0, 0.05) is 6.07 Å². The van der Waals surface area contributed by atoms with E-state index >= 15 is 0 Å². The van der Waals surface area contributed by atoms with Crippen LogP contribution in [0, 0.1) is 0 Å². The molecule has 0 saturated heterocycles. The van der Waals surface area contributed by atoms with E-state index in [2.05, 4.69) is 10.3 Å². The van der Waals surface area contributed by atoms with E-state index < -0.39 is 0 Å². The first-order valence-electron chi connectivity index (χ1n) is 5.55. The summed E-state index contributed by atoms with van der Waals surface area (Å²) in [5, 5.41) is 3.87. The molecule has 2 aromatic rings. The molecular formula is C13H11Cl3N2O2. The van der Waals surface area contributed by atoms with Gasteiger partial charge in [0.1, 0.15) is 16.7 Å². The molecule has 1 aromatic carbocycles. The monoisotopic (exact) mass is 332 g/mol. The number of methoxy groups -OCH3 is 2. The first kappa shape index (κ1) is 15.0. The molecule has 2 rings (SSSR count). The minimum Gasteiger partial charge on any atom is -0.497 e. The molecule has 0 fully saturated rings. The van der Waals surface area contributed by atoms with Crippen molar-refractivity contribution in [3.8, 4) is 11.5 Å². The summed E-state index contributed by atoms with van der Waals surface area (Å²) in [5.41, 5.74) is 0.682. The summed E-state index contributed by atoms with van der Waals surface area (Å²) in [7, 11) is 3.14. The van der Waals surface area contributed by atoms with Gasteiger partial charge in [-0.1, -0.05) is 34.8 Å². The van der Waals surface area contributed by atoms with Gasteiger partial charge in [-0.15, -0.1) is 0 Å². The molecular weight excluding hydrogens is 323 g/mol. The van der Waals surface area contributed by atoms with Crippen molar-refractivity contribution in [3.63, 3.8) is 0 Å². The van der Waals surface area contributed by atoms with Crippen molar-refractivity contribution in [2.75, 3.05) is 19.5 Å². The summed E-state index contributed by atoms with van der Waals surface area (Å²) >= 11 is 17.8. The number of halogens is 3. The van der Waals surface area contributed by atoms with E-state index in [4.69, 9.17) is 44.3 Å². The SMILES string of the molecule is COc1ccc(Nc2nc(Cl)c(Cl)cc2Cl)c(OC)c1. The van der Waals surface area contributed by atoms with Gasteiger partial charge in [0.05, 0.1) is 30.0 Å². The lowest BCUT2D eigenvalue weighted by Gasteiger charge is -2.13. The summed E-state index contributed by atoms with van der Waals surface area (Å²) in [5.74, 6) is 1.67. The van der Waals surface area contributed by atoms with E-state index in [-0.39, 0.29) is 5.15 Å². The van der Waals surface area contributed by atoms with Crippen LogP contribution in [-0.4, -0.2) is 19.2 Å². The second-order valence-electron chi connectivity index (χ2n) is 3.78. The Hall–Kier alpha value is -1.36. The highest BCUT2D eigenvalue weighted by atomic mass is 35.5. The molecule has 1 N–H and O–H groups in total. The quantitative estimate of drug-likeness (QED) is 0.816. The number of nitrogens with zero attached hydrogens (tertiary/aromatic N) is 1. The van der Waals surface area contributed by atoms with E-state index in [1.54, 1.807) is 32.4 Å². The highest BCUT2D eigenvalue weighted by Crippen LogP contribution is 2.35. The fraction of sp³-hybridized carbons (Fsp3) is 0.154. The van der Waals surface area contributed by atoms with Crippen LogP contribution in [0.3, 0.4) is 0 Å². The van der Waals surface area contributed by atoms with E-state index in [1.807, 2.05) is 0 Å². The number of nitrogens with one attached hydrogen (secondary N) is 1. The normalized spacial score (nSPS) is 10.2. The van der Waals surface area contributed by atoms with Crippen LogP contribution in [0.2, 0.25) is 15.2 Å². The smallest absolute Gasteiger partial charge is 0.151 e. The maximum Gasteiger partial charge on any atom is 0.151 e. The van der Waals surface area contributed by atoms with Crippen molar-refractivity contribution >= 4 is 46.3 Å². The van der Waals surface area contributed by atoms with Crippen molar-refractivity contribution in [2.24, 2.45) is 0 Å². The molecule has 0 saturated carbocycles. The van der Waals surface area contributed by atoms with Gasteiger partial charge < -0.3 is 14.8 Å². The van der Waals surface area contributed by atoms with Gasteiger partial charge in [-0.3, -0.25) is 0 Å². The Balaban J connectivity index is 2.37. The van der Waals surface area contributed by atoms with Gasteiger partial charge in [0.2, 0.25) is 0 Å². The molecule has 0 amide bonds. The van der Waals surface area contributed by atoms with Crippen molar-refractivity contribution in [1.82, 2.24) is 4.98 Å². The molecule has 0 radical (unpaired) electrons. The second-order valence-corrected chi connectivity index (χ2v) is 4.96. The van der Waals surface area contributed by atoms with Crippen molar-refractivity contribution in [3.05, 3.63) is 39.5 Å². The number of anilines is 2. The topological polar surface area (TPSA) is 43.4 Å². The predicted molar refractivity (Wildman–Crippen MR) is 82.1 cm³/mol. The number of aromatic nitrogens is 1. The first-order valence-corrected chi connectivity index (χ1v) is 6.69. The number of benzene rings is 1. The third-order valence-corrected chi connectivity index (χ3v) is 3.51. The third kappa shape index (κ3) is 3.20. The number of rotatable bonds is 4. The largest absolute Gasteiger partial charge is 0.497 e. The van der Waals surface area contributed by atoms with Gasteiger partial charge in [-0.2, -0.15) is 0 Å². The fourth-order valence-corrected chi connectivity index (χ4v) is 2.11. The highest BCUT2D eigenvalue weighted by molar-refractivity contribution is 6.43.